The van der Waals surface area contributed by atoms with E-state index in [1.165, 1.54) is 51.4 Å². The van der Waals surface area contributed by atoms with Crippen LogP contribution < -0.4 is 0 Å². The summed E-state index contributed by atoms with van der Waals surface area (Å²) in [4.78, 5) is 0. The van der Waals surface area contributed by atoms with Crippen molar-refractivity contribution < 1.29 is 0 Å². The Labute approximate surface area is 77.7 Å². The molecule has 0 aliphatic heterocycles. The summed E-state index contributed by atoms with van der Waals surface area (Å²) in [6.45, 7) is 4.66. The van der Waals surface area contributed by atoms with E-state index in [0.717, 1.165) is 11.8 Å². The molecule has 0 heterocycles. The van der Waals surface area contributed by atoms with Crippen molar-refractivity contribution in [2.45, 2.75) is 65.2 Å². The van der Waals surface area contributed by atoms with Gasteiger partial charge in [-0.25, -0.2) is 0 Å². The highest BCUT2D eigenvalue weighted by atomic mass is 14.2. The minimum absolute atomic E-state index is 1.04. The summed E-state index contributed by atoms with van der Waals surface area (Å²) in [6.07, 6.45) is 11.8. The smallest absolute Gasteiger partial charge is 0.0414 e. The molecule has 0 aromatic carbocycles. The van der Waals surface area contributed by atoms with Crippen LogP contribution in [0.25, 0.3) is 0 Å². The molecule has 12 heavy (non-hydrogen) atoms. The summed E-state index contributed by atoms with van der Waals surface area (Å²) in [5.74, 6) is 2.16. The standard InChI is InChI=1S/C12H24/c1-3-6-11(4-2)9-10-12-7-5-8-12/h11-12H,3-10H2,1-2H3. The van der Waals surface area contributed by atoms with E-state index >= 15 is 0 Å². The fourth-order valence-corrected chi connectivity index (χ4v) is 2.21. The Morgan fingerprint density at radius 2 is 1.92 bits per heavy atom. The predicted molar refractivity (Wildman–Crippen MR) is 55.3 cm³/mol. The highest BCUT2D eigenvalue weighted by Gasteiger charge is 2.18. The topological polar surface area (TPSA) is 0 Å². The lowest BCUT2D eigenvalue weighted by atomic mass is 9.79. The molecule has 0 amide bonds. The molecule has 1 aliphatic carbocycles. The fourth-order valence-electron chi connectivity index (χ4n) is 2.21. The van der Waals surface area contributed by atoms with E-state index in [9.17, 15) is 0 Å². The Morgan fingerprint density at radius 1 is 1.17 bits per heavy atom. The van der Waals surface area contributed by atoms with Crippen molar-refractivity contribution in [2.75, 3.05) is 0 Å². The van der Waals surface area contributed by atoms with Crippen molar-refractivity contribution in [3.05, 3.63) is 0 Å². The Morgan fingerprint density at radius 3 is 2.33 bits per heavy atom. The zero-order valence-corrected chi connectivity index (χ0v) is 8.81. The molecule has 1 fully saturated rings. The molecule has 0 saturated heterocycles. The van der Waals surface area contributed by atoms with Gasteiger partial charge in [-0.2, -0.15) is 0 Å². The molecule has 0 bridgehead atoms. The molecule has 1 rings (SSSR count). The zero-order valence-electron chi connectivity index (χ0n) is 8.81. The first-order chi connectivity index (χ1) is 5.86. The third kappa shape index (κ3) is 3.16. The summed E-state index contributed by atoms with van der Waals surface area (Å²) < 4.78 is 0. The minimum Gasteiger partial charge on any atom is -0.0654 e. The molecule has 72 valence electrons. The minimum atomic E-state index is 1.04. The number of hydrogen-bond donors (Lipinski definition) is 0. The molecule has 0 aromatic rings. The molecule has 1 unspecified atom stereocenters. The quantitative estimate of drug-likeness (QED) is 0.551. The van der Waals surface area contributed by atoms with Gasteiger partial charge in [0.2, 0.25) is 0 Å². The van der Waals surface area contributed by atoms with E-state index in [-0.39, 0.29) is 0 Å². The van der Waals surface area contributed by atoms with Crippen molar-refractivity contribution in [2.24, 2.45) is 11.8 Å². The van der Waals surface area contributed by atoms with Crippen LogP contribution in [-0.2, 0) is 0 Å². The second-order valence-electron chi connectivity index (χ2n) is 4.44. The SMILES string of the molecule is CCCC(CC)CCC1CCC1. The van der Waals surface area contributed by atoms with Crippen molar-refractivity contribution in [3.63, 3.8) is 0 Å². The molecule has 1 atom stereocenters. The maximum absolute atomic E-state index is 2.35. The van der Waals surface area contributed by atoms with E-state index in [1.54, 1.807) is 0 Å². The van der Waals surface area contributed by atoms with Crippen LogP contribution in [0.4, 0.5) is 0 Å². The van der Waals surface area contributed by atoms with Gasteiger partial charge in [-0.15, -0.1) is 0 Å². The third-order valence-electron chi connectivity index (χ3n) is 3.48. The van der Waals surface area contributed by atoms with Crippen LogP contribution in [-0.4, -0.2) is 0 Å². The van der Waals surface area contributed by atoms with Crippen LogP contribution in [0.2, 0.25) is 0 Å². The Kier molecular flexibility index (Phi) is 4.72. The van der Waals surface area contributed by atoms with E-state index < -0.39 is 0 Å². The van der Waals surface area contributed by atoms with Crippen LogP contribution in [0.15, 0.2) is 0 Å². The lowest BCUT2D eigenvalue weighted by Crippen LogP contribution is -2.12. The van der Waals surface area contributed by atoms with Gasteiger partial charge in [-0.05, 0) is 11.8 Å². The average Bonchev–Trinajstić information content (AvgIpc) is 2.00. The molecular formula is C12H24. The molecule has 0 spiro atoms. The summed E-state index contributed by atoms with van der Waals surface area (Å²) in [7, 11) is 0. The van der Waals surface area contributed by atoms with Gasteiger partial charge in [0, 0.05) is 0 Å². The van der Waals surface area contributed by atoms with Crippen molar-refractivity contribution in [3.8, 4) is 0 Å². The first kappa shape index (κ1) is 10.1. The molecule has 0 aromatic heterocycles. The Balaban J connectivity index is 2.01. The third-order valence-corrected chi connectivity index (χ3v) is 3.48. The summed E-state index contributed by atoms with van der Waals surface area (Å²) in [5.41, 5.74) is 0. The molecule has 0 radical (unpaired) electrons. The van der Waals surface area contributed by atoms with Crippen LogP contribution in [0.5, 0.6) is 0 Å². The second-order valence-corrected chi connectivity index (χ2v) is 4.44. The van der Waals surface area contributed by atoms with E-state index in [2.05, 4.69) is 13.8 Å². The van der Waals surface area contributed by atoms with E-state index in [1.807, 2.05) is 0 Å². The highest BCUT2D eigenvalue weighted by Crippen LogP contribution is 2.32. The average molecular weight is 168 g/mol. The van der Waals surface area contributed by atoms with Gasteiger partial charge in [0.1, 0.15) is 0 Å². The van der Waals surface area contributed by atoms with Crippen LogP contribution >= 0.6 is 0 Å². The number of rotatable bonds is 6. The lowest BCUT2D eigenvalue weighted by Gasteiger charge is -2.27. The molecule has 0 heteroatoms. The lowest BCUT2D eigenvalue weighted by molar-refractivity contribution is 0.262. The fraction of sp³-hybridized carbons (Fsp3) is 1.00. The van der Waals surface area contributed by atoms with Gasteiger partial charge < -0.3 is 0 Å². The highest BCUT2D eigenvalue weighted by molar-refractivity contribution is 4.71. The molecule has 0 nitrogen and oxygen atoms in total. The van der Waals surface area contributed by atoms with Crippen LogP contribution in [0, 0.1) is 11.8 Å². The van der Waals surface area contributed by atoms with Gasteiger partial charge in [0.05, 0.1) is 0 Å². The van der Waals surface area contributed by atoms with Crippen LogP contribution in [0.3, 0.4) is 0 Å². The maximum atomic E-state index is 2.35. The van der Waals surface area contributed by atoms with Crippen molar-refractivity contribution in [1.82, 2.24) is 0 Å². The van der Waals surface area contributed by atoms with Gasteiger partial charge in [0.15, 0.2) is 0 Å². The predicted octanol–water partition coefficient (Wildman–Crippen LogP) is 4.39. The summed E-state index contributed by atoms with van der Waals surface area (Å²) >= 11 is 0. The van der Waals surface area contributed by atoms with Gasteiger partial charge >= 0.3 is 0 Å². The first-order valence-corrected chi connectivity index (χ1v) is 5.86. The summed E-state index contributed by atoms with van der Waals surface area (Å²) in [5, 5.41) is 0. The Hall–Kier alpha value is 0. The van der Waals surface area contributed by atoms with E-state index in [4.69, 9.17) is 0 Å². The first-order valence-electron chi connectivity index (χ1n) is 5.86. The van der Waals surface area contributed by atoms with Crippen LogP contribution in [0.1, 0.15) is 65.2 Å². The molecular weight excluding hydrogens is 144 g/mol. The van der Waals surface area contributed by atoms with Crippen molar-refractivity contribution >= 4 is 0 Å². The largest absolute Gasteiger partial charge is 0.0654 e. The summed E-state index contributed by atoms with van der Waals surface area (Å²) in [6, 6.07) is 0. The maximum Gasteiger partial charge on any atom is -0.0414 e. The van der Waals surface area contributed by atoms with Gasteiger partial charge in [-0.1, -0.05) is 65.2 Å². The van der Waals surface area contributed by atoms with Gasteiger partial charge in [-0.3, -0.25) is 0 Å². The van der Waals surface area contributed by atoms with Gasteiger partial charge in [0.25, 0.3) is 0 Å². The number of hydrogen-bond acceptors (Lipinski definition) is 0. The second kappa shape index (κ2) is 5.61. The Bertz CT molecular complexity index is 103. The molecule has 0 N–H and O–H groups in total. The van der Waals surface area contributed by atoms with E-state index in [0.29, 0.717) is 0 Å². The molecule has 1 saturated carbocycles. The molecule has 1 aliphatic rings. The normalized spacial score (nSPS) is 20.5. The monoisotopic (exact) mass is 168 g/mol. The zero-order chi connectivity index (χ0) is 8.81. The van der Waals surface area contributed by atoms with Crippen molar-refractivity contribution in [1.29, 1.82) is 0 Å².